The van der Waals surface area contributed by atoms with Crippen molar-refractivity contribution >= 4 is 0 Å². The zero-order chi connectivity index (χ0) is 11.4. The van der Waals surface area contributed by atoms with Crippen molar-refractivity contribution in [3.05, 3.63) is 35.1 Å². The fraction of sp³-hybridized carbons (Fsp3) is 0.455. The first-order chi connectivity index (χ1) is 7.04. The van der Waals surface area contributed by atoms with Crippen molar-refractivity contribution in [1.29, 1.82) is 0 Å². The monoisotopic (exact) mass is 211 g/mol. The molecular formula is C11H18FN3. The molecule has 1 atom stereocenters. The molecular weight excluding hydrogens is 193 g/mol. The van der Waals surface area contributed by atoms with Crippen LogP contribution in [-0.2, 0) is 0 Å². The molecule has 0 aliphatic heterocycles. The van der Waals surface area contributed by atoms with Gasteiger partial charge in [-0.05, 0) is 38.2 Å². The SMILES string of the molecule is Cc1ccc(C(CN(C)C)NN)cc1F. The second-order valence-corrected chi connectivity index (χ2v) is 3.99. The molecule has 3 nitrogen and oxygen atoms in total. The molecule has 0 aliphatic rings. The Morgan fingerprint density at radius 2 is 2.13 bits per heavy atom. The topological polar surface area (TPSA) is 41.3 Å². The maximum Gasteiger partial charge on any atom is 0.126 e. The summed E-state index contributed by atoms with van der Waals surface area (Å²) in [5.41, 5.74) is 4.21. The molecule has 0 radical (unpaired) electrons. The maximum absolute atomic E-state index is 13.3. The number of hydrazine groups is 1. The van der Waals surface area contributed by atoms with Crippen molar-refractivity contribution in [1.82, 2.24) is 10.3 Å². The molecule has 1 aromatic carbocycles. The molecule has 0 aromatic heterocycles. The summed E-state index contributed by atoms with van der Waals surface area (Å²) in [4.78, 5) is 2.00. The van der Waals surface area contributed by atoms with Gasteiger partial charge in [0.05, 0.1) is 6.04 Å². The molecule has 0 spiro atoms. The van der Waals surface area contributed by atoms with Crippen molar-refractivity contribution in [3.63, 3.8) is 0 Å². The van der Waals surface area contributed by atoms with Crippen LogP contribution in [0.4, 0.5) is 4.39 Å². The Labute approximate surface area is 90.0 Å². The van der Waals surface area contributed by atoms with Gasteiger partial charge in [0.15, 0.2) is 0 Å². The van der Waals surface area contributed by atoms with Crippen LogP contribution in [0.1, 0.15) is 17.2 Å². The second kappa shape index (κ2) is 5.21. The molecule has 0 fully saturated rings. The highest BCUT2D eigenvalue weighted by molar-refractivity contribution is 5.25. The molecule has 0 bridgehead atoms. The summed E-state index contributed by atoms with van der Waals surface area (Å²) in [5.74, 6) is 5.25. The molecule has 1 aromatic rings. The predicted molar refractivity (Wildman–Crippen MR) is 59.8 cm³/mol. The van der Waals surface area contributed by atoms with Crippen molar-refractivity contribution in [2.45, 2.75) is 13.0 Å². The quantitative estimate of drug-likeness (QED) is 0.581. The number of nitrogens with one attached hydrogen (secondary N) is 1. The second-order valence-electron chi connectivity index (χ2n) is 3.99. The highest BCUT2D eigenvalue weighted by atomic mass is 19.1. The molecule has 0 heterocycles. The van der Waals surface area contributed by atoms with Crippen LogP contribution in [-0.4, -0.2) is 25.5 Å². The van der Waals surface area contributed by atoms with E-state index in [-0.39, 0.29) is 11.9 Å². The van der Waals surface area contributed by atoms with Crippen LogP contribution in [0, 0.1) is 12.7 Å². The average molecular weight is 211 g/mol. The van der Waals surface area contributed by atoms with Crippen LogP contribution in [0.5, 0.6) is 0 Å². The summed E-state index contributed by atoms with van der Waals surface area (Å²) in [6.45, 7) is 2.48. The summed E-state index contributed by atoms with van der Waals surface area (Å²) in [6.07, 6.45) is 0. The predicted octanol–water partition coefficient (Wildman–Crippen LogP) is 1.20. The van der Waals surface area contributed by atoms with Gasteiger partial charge in [-0.3, -0.25) is 11.3 Å². The Balaban J connectivity index is 2.87. The molecule has 1 rings (SSSR count). The summed E-state index contributed by atoms with van der Waals surface area (Å²) < 4.78 is 13.3. The van der Waals surface area contributed by atoms with E-state index >= 15 is 0 Å². The minimum absolute atomic E-state index is 0.0462. The Bertz CT molecular complexity index is 326. The van der Waals surface area contributed by atoms with E-state index in [1.165, 1.54) is 6.07 Å². The normalized spacial score (nSPS) is 13.2. The van der Waals surface area contributed by atoms with E-state index in [0.717, 1.165) is 12.1 Å². The Kier molecular flexibility index (Phi) is 4.20. The lowest BCUT2D eigenvalue weighted by Crippen LogP contribution is -2.35. The fourth-order valence-corrected chi connectivity index (χ4v) is 1.45. The van der Waals surface area contributed by atoms with Crippen molar-refractivity contribution in [3.8, 4) is 0 Å². The minimum Gasteiger partial charge on any atom is -0.307 e. The number of aryl methyl sites for hydroxylation is 1. The van der Waals surface area contributed by atoms with Crippen molar-refractivity contribution in [2.24, 2.45) is 5.84 Å². The Morgan fingerprint density at radius 3 is 2.60 bits per heavy atom. The van der Waals surface area contributed by atoms with E-state index in [9.17, 15) is 4.39 Å². The summed E-state index contributed by atoms with van der Waals surface area (Å²) in [7, 11) is 3.91. The number of hydrogen-bond donors (Lipinski definition) is 2. The zero-order valence-corrected chi connectivity index (χ0v) is 9.42. The van der Waals surface area contributed by atoms with Crippen LogP contribution in [0.3, 0.4) is 0 Å². The van der Waals surface area contributed by atoms with Gasteiger partial charge < -0.3 is 4.90 Å². The number of nitrogens with two attached hydrogens (primary N) is 1. The third-order valence-corrected chi connectivity index (χ3v) is 2.35. The summed E-state index contributed by atoms with van der Waals surface area (Å²) in [5, 5.41) is 0. The summed E-state index contributed by atoms with van der Waals surface area (Å²) >= 11 is 0. The van der Waals surface area contributed by atoms with E-state index in [2.05, 4.69) is 5.43 Å². The van der Waals surface area contributed by atoms with Gasteiger partial charge in [0.1, 0.15) is 5.82 Å². The van der Waals surface area contributed by atoms with Gasteiger partial charge in [0.2, 0.25) is 0 Å². The van der Waals surface area contributed by atoms with Gasteiger partial charge >= 0.3 is 0 Å². The van der Waals surface area contributed by atoms with Crippen molar-refractivity contribution < 1.29 is 4.39 Å². The van der Waals surface area contributed by atoms with Crippen molar-refractivity contribution in [2.75, 3.05) is 20.6 Å². The van der Waals surface area contributed by atoms with E-state index in [1.807, 2.05) is 25.1 Å². The van der Waals surface area contributed by atoms with E-state index < -0.39 is 0 Å². The third kappa shape index (κ3) is 3.27. The fourth-order valence-electron chi connectivity index (χ4n) is 1.45. The molecule has 1 unspecified atom stereocenters. The van der Waals surface area contributed by atoms with Crippen LogP contribution >= 0.6 is 0 Å². The van der Waals surface area contributed by atoms with Gasteiger partial charge in [-0.1, -0.05) is 12.1 Å². The minimum atomic E-state index is -0.188. The lowest BCUT2D eigenvalue weighted by Gasteiger charge is -2.20. The van der Waals surface area contributed by atoms with Crippen LogP contribution in [0.15, 0.2) is 18.2 Å². The molecule has 15 heavy (non-hydrogen) atoms. The number of hydrogen-bond acceptors (Lipinski definition) is 3. The maximum atomic E-state index is 13.3. The van der Waals surface area contributed by atoms with Gasteiger partial charge in [-0.15, -0.1) is 0 Å². The van der Waals surface area contributed by atoms with E-state index in [1.54, 1.807) is 13.0 Å². The lowest BCUT2D eigenvalue weighted by atomic mass is 10.0. The molecule has 0 saturated heterocycles. The molecule has 3 N–H and O–H groups in total. The number of halogens is 1. The van der Waals surface area contributed by atoms with E-state index in [4.69, 9.17) is 5.84 Å². The summed E-state index contributed by atoms with van der Waals surface area (Å²) in [6, 6.07) is 5.15. The average Bonchev–Trinajstić information content (AvgIpc) is 2.18. The Hall–Kier alpha value is -0.970. The number of likely N-dealkylation sites (N-methyl/N-ethyl adjacent to an activating group) is 1. The first kappa shape index (κ1) is 12.1. The first-order valence-corrected chi connectivity index (χ1v) is 4.91. The van der Waals surface area contributed by atoms with Gasteiger partial charge in [0, 0.05) is 6.54 Å². The van der Waals surface area contributed by atoms with E-state index in [0.29, 0.717) is 5.56 Å². The number of nitrogens with zero attached hydrogens (tertiary/aromatic N) is 1. The highest BCUT2D eigenvalue weighted by Gasteiger charge is 2.11. The standard InChI is InChI=1S/C11H18FN3/c1-8-4-5-9(6-10(8)12)11(14-13)7-15(2)3/h4-6,11,14H,7,13H2,1-3H3. The van der Waals surface area contributed by atoms with Crippen LogP contribution in [0.25, 0.3) is 0 Å². The molecule has 4 heteroatoms. The molecule has 84 valence electrons. The molecule has 0 amide bonds. The Morgan fingerprint density at radius 1 is 1.47 bits per heavy atom. The van der Waals surface area contributed by atoms with Gasteiger partial charge in [-0.2, -0.15) is 0 Å². The van der Waals surface area contributed by atoms with Crippen LogP contribution < -0.4 is 11.3 Å². The smallest absolute Gasteiger partial charge is 0.126 e. The van der Waals surface area contributed by atoms with Gasteiger partial charge in [0.25, 0.3) is 0 Å². The highest BCUT2D eigenvalue weighted by Crippen LogP contribution is 2.16. The number of rotatable bonds is 4. The lowest BCUT2D eigenvalue weighted by molar-refractivity contribution is 0.344. The first-order valence-electron chi connectivity index (χ1n) is 4.91. The molecule has 0 aliphatic carbocycles. The third-order valence-electron chi connectivity index (χ3n) is 2.35. The largest absolute Gasteiger partial charge is 0.307 e. The number of benzene rings is 1. The molecule has 0 saturated carbocycles. The van der Waals surface area contributed by atoms with Gasteiger partial charge in [-0.25, -0.2) is 4.39 Å². The zero-order valence-electron chi connectivity index (χ0n) is 9.42. The van der Waals surface area contributed by atoms with Crippen LogP contribution in [0.2, 0.25) is 0 Å².